The van der Waals surface area contributed by atoms with Gasteiger partial charge in [0.25, 0.3) is 0 Å². The Morgan fingerprint density at radius 3 is 3.00 bits per heavy atom. The molecule has 5 nitrogen and oxygen atoms in total. The van der Waals surface area contributed by atoms with Crippen LogP contribution in [0, 0.1) is 0 Å². The van der Waals surface area contributed by atoms with Crippen molar-refractivity contribution in [1.82, 2.24) is 0 Å². The minimum absolute atomic E-state index is 0.399. The van der Waals surface area contributed by atoms with E-state index in [-0.39, 0.29) is 0 Å². The van der Waals surface area contributed by atoms with Gasteiger partial charge in [-0.05, 0) is 12.8 Å². The van der Waals surface area contributed by atoms with Gasteiger partial charge >= 0.3 is 12.4 Å². The van der Waals surface area contributed by atoms with E-state index in [1.54, 1.807) is 0 Å². The van der Waals surface area contributed by atoms with E-state index in [0.717, 1.165) is 19.3 Å². The molecule has 0 bridgehead atoms. The van der Waals surface area contributed by atoms with E-state index < -0.39 is 18.9 Å². The van der Waals surface area contributed by atoms with E-state index >= 15 is 0 Å². The molecule has 0 amide bonds. The highest BCUT2D eigenvalue weighted by Gasteiger charge is 2.18. The molecule has 0 aromatic heterocycles. The first-order valence-electron chi connectivity index (χ1n) is 4.13. The summed E-state index contributed by atoms with van der Waals surface area (Å²) >= 11 is 0. The normalized spacial score (nSPS) is 22.0. The standard InChI is InChI=1S/C8H11O5/c9-6-11-5-7(10)13-8-3-1-2-4-12-8/h8H,1-5H2. The van der Waals surface area contributed by atoms with Crippen LogP contribution in [0.25, 0.3) is 0 Å². The summed E-state index contributed by atoms with van der Waals surface area (Å²) < 4.78 is 14.1. The molecule has 13 heavy (non-hydrogen) atoms. The summed E-state index contributed by atoms with van der Waals surface area (Å²) in [7, 11) is 0. The van der Waals surface area contributed by atoms with Gasteiger partial charge < -0.3 is 14.2 Å². The second-order valence-electron chi connectivity index (χ2n) is 2.66. The summed E-state index contributed by atoms with van der Waals surface area (Å²) in [6, 6.07) is 0. The largest absolute Gasteiger partial charge is 0.445 e. The molecule has 0 N–H and O–H groups in total. The Hall–Kier alpha value is -1.10. The summed E-state index contributed by atoms with van der Waals surface area (Å²) in [6.07, 6.45) is 2.21. The van der Waals surface area contributed by atoms with Crippen molar-refractivity contribution in [3.05, 3.63) is 0 Å². The molecule has 1 fully saturated rings. The van der Waals surface area contributed by atoms with Crippen LogP contribution in [-0.2, 0) is 23.8 Å². The summed E-state index contributed by atoms with van der Waals surface area (Å²) in [5.41, 5.74) is 0. The van der Waals surface area contributed by atoms with Crippen molar-refractivity contribution in [1.29, 1.82) is 0 Å². The lowest BCUT2D eigenvalue weighted by Gasteiger charge is -2.21. The number of rotatable bonds is 4. The summed E-state index contributed by atoms with van der Waals surface area (Å²) in [6.45, 7) is 1.35. The first kappa shape index (κ1) is 9.98. The SMILES string of the molecule is O=[C]OCC(=O)OC1CCCCO1. The van der Waals surface area contributed by atoms with E-state index in [1.807, 2.05) is 0 Å². The zero-order valence-electron chi connectivity index (χ0n) is 7.15. The molecule has 0 aromatic carbocycles. The predicted octanol–water partition coefficient (Wildman–Crippen LogP) is 0.140. The summed E-state index contributed by atoms with van der Waals surface area (Å²) in [4.78, 5) is 20.5. The minimum Gasteiger partial charge on any atom is -0.445 e. The van der Waals surface area contributed by atoms with Crippen LogP contribution in [0.15, 0.2) is 0 Å². The lowest BCUT2D eigenvalue weighted by atomic mass is 10.2. The van der Waals surface area contributed by atoms with Gasteiger partial charge in [-0.3, -0.25) is 0 Å². The maximum absolute atomic E-state index is 10.9. The van der Waals surface area contributed by atoms with Gasteiger partial charge in [0.05, 0.1) is 6.61 Å². The molecule has 1 heterocycles. The lowest BCUT2D eigenvalue weighted by Crippen LogP contribution is -2.27. The van der Waals surface area contributed by atoms with Gasteiger partial charge in [0.2, 0.25) is 6.29 Å². The van der Waals surface area contributed by atoms with Gasteiger partial charge in [-0.15, -0.1) is 0 Å². The predicted molar refractivity (Wildman–Crippen MR) is 41.3 cm³/mol. The number of hydrogen-bond acceptors (Lipinski definition) is 5. The Morgan fingerprint density at radius 2 is 2.38 bits per heavy atom. The highest BCUT2D eigenvalue weighted by molar-refractivity contribution is 5.71. The zero-order valence-corrected chi connectivity index (χ0v) is 7.15. The molecule has 0 aliphatic carbocycles. The fraction of sp³-hybridized carbons (Fsp3) is 0.750. The fourth-order valence-electron chi connectivity index (χ4n) is 1.07. The van der Waals surface area contributed by atoms with Crippen LogP contribution in [-0.4, -0.2) is 31.9 Å². The topological polar surface area (TPSA) is 61.8 Å². The molecule has 1 radical (unpaired) electrons. The molecule has 1 unspecified atom stereocenters. The van der Waals surface area contributed by atoms with Gasteiger partial charge in [0.1, 0.15) is 0 Å². The van der Waals surface area contributed by atoms with E-state index in [4.69, 9.17) is 9.47 Å². The molecular formula is C8H11O5. The number of carbonyl (C=O) groups excluding carboxylic acids is 2. The molecule has 1 rings (SSSR count). The van der Waals surface area contributed by atoms with E-state index in [9.17, 15) is 9.59 Å². The highest BCUT2D eigenvalue weighted by Crippen LogP contribution is 2.13. The number of ether oxygens (including phenoxy) is 3. The molecule has 5 heteroatoms. The number of hydrogen-bond donors (Lipinski definition) is 0. The molecule has 1 atom stereocenters. The van der Waals surface area contributed by atoms with Gasteiger partial charge in [-0.25, -0.2) is 9.59 Å². The fourth-order valence-corrected chi connectivity index (χ4v) is 1.07. The minimum atomic E-state index is -0.602. The van der Waals surface area contributed by atoms with Gasteiger partial charge in [-0.2, -0.15) is 0 Å². The Labute approximate surface area is 76.0 Å². The van der Waals surface area contributed by atoms with Crippen molar-refractivity contribution in [2.24, 2.45) is 0 Å². The first-order valence-corrected chi connectivity index (χ1v) is 4.13. The van der Waals surface area contributed by atoms with Crippen molar-refractivity contribution >= 4 is 12.4 Å². The molecule has 73 valence electrons. The zero-order chi connectivity index (χ0) is 9.52. The molecule has 0 aromatic rings. The van der Waals surface area contributed by atoms with Crippen molar-refractivity contribution in [2.75, 3.05) is 13.2 Å². The maximum atomic E-state index is 10.9. The lowest BCUT2D eigenvalue weighted by molar-refractivity contribution is -0.188. The van der Waals surface area contributed by atoms with Crippen LogP contribution < -0.4 is 0 Å². The quantitative estimate of drug-likeness (QED) is 0.586. The van der Waals surface area contributed by atoms with Crippen molar-refractivity contribution in [2.45, 2.75) is 25.6 Å². The van der Waals surface area contributed by atoms with Gasteiger partial charge in [-0.1, -0.05) is 0 Å². The van der Waals surface area contributed by atoms with Crippen LogP contribution in [0.3, 0.4) is 0 Å². The molecule has 0 saturated carbocycles. The smallest absolute Gasteiger partial charge is 0.418 e. The Bertz CT molecular complexity index is 173. The molecular weight excluding hydrogens is 176 g/mol. The van der Waals surface area contributed by atoms with Crippen LogP contribution in [0.1, 0.15) is 19.3 Å². The average molecular weight is 187 g/mol. The third-order valence-corrected chi connectivity index (χ3v) is 1.65. The molecule has 1 saturated heterocycles. The molecule has 1 aliphatic heterocycles. The number of carbonyl (C=O) groups is 1. The van der Waals surface area contributed by atoms with E-state index in [1.165, 1.54) is 0 Å². The van der Waals surface area contributed by atoms with Crippen LogP contribution >= 0.6 is 0 Å². The van der Waals surface area contributed by atoms with Crippen LogP contribution in [0.5, 0.6) is 0 Å². The third-order valence-electron chi connectivity index (χ3n) is 1.65. The van der Waals surface area contributed by atoms with Gasteiger partial charge in [0.15, 0.2) is 6.61 Å². The first-order chi connectivity index (χ1) is 6.33. The summed E-state index contributed by atoms with van der Waals surface area (Å²) in [5.74, 6) is -0.602. The third kappa shape index (κ3) is 3.89. The second-order valence-corrected chi connectivity index (χ2v) is 2.66. The van der Waals surface area contributed by atoms with Crippen LogP contribution in [0.2, 0.25) is 0 Å². The average Bonchev–Trinajstić information content (AvgIpc) is 2.16. The Balaban J connectivity index is 2.14. The van der Waals surface area contributed by atoms with Crippen molar-refractivity contribution < 1.29 is 23.8 Å². The van der Waals surface area contributed by atoms with Crippen molar-refractivity contribution in [3.8, 4) is 0 Å². The Kier molecular flexibility index (Phi) is 4.25. The van der Waals surface area contributed by atoms with Crippen LogP contribution in [0.4, 0.5) is 0 Å². The van der Waals surface area contributed by atoms with E-state index in [0.29, 0.717) is 13.0 Å². The highest BCUT2D eigenvalue weighted by atomic mass is 16.7. The summed E-state index contributed by atoms with van der Waals surface area (Å²) in [5, 5.41) is 0. The molecule has 0 spiro atoms. The number of esters is 1. The monoisotopic (exact) mass is 187 g/mol. The maximum Gasteiger partial charge on any atom is 0.418 e. The van der Waals surface area contributed by atoms with Crippen molar-refractivity contribution in [3.63, 3.8) is 0 Å². The van der Waals surface area contributed by atoms with E-state index in [2.05, 4.69) is 4.74 Å². The Morgan fingerprint density at radius 1 is 1.54 bits per heavy atom. The second kappa shape index (κ2) is 5.53. The van der Waals surface area contributed by atoms with Gasteiger partial charge in [0, 0.05) is 6.42 Å². The molecule has 1 aliphatic rings.